The smallest absolute Gasteiger partial charge is 0.303 e. The minimum absolute atomic E-state index is 0.0360. The SMILES string of the molecule is CC(OP(=O)(O)O)c1ccccc1.O=P(O)(O)OCCc1ccccc1. The van der Waals surface area contributed by atoms with E-state index in [1.54, 1.807) is 31.2 Å². The van der Waals surface area contributed by atoms with Crippen LogP contribution in [0.3, 0.4) is 0 Å². The Kier molecular flexibility index (Phi) is 9.36. The predicted octanol–water partition coefficient (Wildman–Crippen LogP) is 3.20. The van der Waals surface area contributed by atoms with Crippen molar-refractivity contribution in [3.8, 4) is 0 Å². The summed E-state index contributed by atoms with van der Waals surface area (Å²) in [7, 11) is -8.69. The molecule has 0 radical (unpaired) electrons. The predicted molar refractivity (Wildman–Crippen MR) is 96.1 cm³/mol. The maximum absolute atomic E-state index is 10.5. The summed E-state index contributed by atoms with van der Waals surface area (Å²) >= 11 is 0. The van der Waals surface area contributed by atoms with Crippen LogP contribution < -0.4 is 0 Å². The monoisotopic (exact) mass is 404 g/mol. The first kappa shape index (κ1) is 22.7. The van der Waals surface area contributed by atoms with Gasteiger partial charge in [-0.05, 0) is 24.5 Å². The summed E-state index contributed by atoms with van der Waals surface area (Å²) < 4.78 is 29.6. The molecule has 2 aromatic carbocycles. The van der Waals surface area contributed by atoms with Crippen molar-refractivity contribution in [3.63, 3.8) is 0 Å². The first-order valence-corrected chi connectivity index (χ1v) is 10.7. The molecule has 0 fully saturated rings. The fourth-order valence-electron chi connectivity index (χ4n) is 1.92. The minimum Gasteiger partial charge on any atom is -0.303 e. The van der Waals surface area contributed by atoms with E-state index in [-0.39, 0.29) is 6.61 Å². The average molecular weight is 404 g/mol. The zero-order valence-corrected chi connectivity index (χ0v) is 15.9. The Balaban J connectivity index is 0.000000260. The van der Waals surface area contributed by atoms with E-state index in [0.717, 1.165) is 11.1 Å². The molecule has 144 valence electrons. The highest BCUT2D eigenvalue weighted by atomic mass is 31.2. The molecule has 1 atom stereocenters. The highest BCUT2D eigenvalue weighted by Crippen LogP contribution is 2.41. The second-order valence-corrected chi connectivity index (χ2v) is 7.64. The van der Waals surface area contributed by atoms with Gasteiger partial charge in [-0.25, -0.2) is 9.13 Å². The Morgan fingerprint density at radius 1 is 0.846 bits per heavy atom. The molecule has 0 amide bonds. The molecule has 2 rings (SSSR count). The maximum atomic E-state index is 10.5. The van der Waals surface area contributed by atoms with Gasteiger partial charge in [-0.1, -0.05) is 60.7 Å². The standard InChI is InChI=1S/2C8H11O4P/c1-7(12-13(9,10)11)8-5-3-2-4-6-8;9-13(10,11)12-7-6-8-4-2-1-3-5-8/h2-7H,1H3,(H2,9,10,11);1-5H,6-7H2,(H2,9,10,11). The molecule has 26 heavy (non-hydrogen) atoms. The van der Waals surface area contributed by atoms with E-state index < -0.39 is 21.7 Å². The number of hydrogen-bond donors (Lipinski definition) is 4. The highest BCUT2D eigenvalue weighted by Gasteiger charge is 2.19. The van der Waals surface area contributed by atoms with E-state index in [1.165, 1.54) is 0 Å². The second-order valence-electron chi connectivity index (χ2n) is 5.21. The molecule has 0 heterocycles. The molecule has 0 aliphatic rings. The zero-order valence-electron chi connectivity index (χ0n) is 14.1. The number of hydrogen-bond acceptors (Lipinski definition) is 4. The van der Waals surface area contributed by atoms with Crippen molar-refractivity contribution in [2.24, 2.45) is 0 Å². The van der Waals surface area contributed by atoms with Gasteiger partial charge in [-0.2, -0.15) is 0 Å². The van der Waals surface area contributed by atoms with Crippen molar-refractivity contribution in [2.45, 2.75) is 19.4 Å². The van der Waals surface area contributed by atoms with E-state index in [4.69, 9.17) is 19.6 Å². The number of rotatable bonds is 7. The summed E-state index contributed by atoms with van der Waals surface area (Å²) in [5.74, 6) is 0. The number of phosphoric ester groups is 2. The largest absolute Gasteiger partial charge is 0.470 e. The summed E-state index contributed by atoms with van der Waals surface area (Å²) in [5, 5.41) is 0. The van der Waals surface area contributed by atoms with E-state index in [0.29, 0.717) is 6.42 Å². The molecule has 0 aliphatic carbocycles. The van der Waals surface area contributed by atoms with Crippen LogP contribution in [0, 0.1) is 0 Å². The Morgan fingerprint density at radius 2 is 1.35 bits per heavy atom. The van der Waals surface area contributed by atoms with Gasteiger partial charge < -0.3 is 19.6 Å². The first-order chi connectivity index (χ1) is 12.1. The van der Waals surface area contributed by atoms with Gasteiger partial charge in [-0.15, -0.1) is 0 Å². The van der Waals surface area contributed by atoms with Crippen LogP contribution in [0.4, 0.5) is 0 Å². The second kappa shape index (κ2) is 10.7. The lowest BCUT2D eigenvalue weighted by molar-refractivity contribution is 0.146. The fourth-order valence-corrected chi connectivity index (χ4v) is 2.78. The van der Waals surface area contributed by atoms with Gasteiger partial charge in [0.2, 0.25) is 0 Å². The molecule has 10 heteroatoms. The third-order valence-corrected chi connectivity index (χ3v) is 4.17. The van der Waals surface area contributed by atoms with Gasteiger partial charge in [-0.3, -0.25) is 9.05 Å². The molecule has 0 aliphatic heterocycles. The molecule has 8 nitrogen and oxygen atoms in total. The van der Waals surface area contributed by atoms with Crippen molar-refractivity contribution in [3.05, 3.63) is 71.8 Å². The summed E-state index contributed by atoms with van der Waals surface area (Å²) in [5.41, 5.74) is 1.74. The Labute approximate surface area is 151 Å². The van der Waals surface area contributed by atoms with E-state index in [2.05, 4.69) is 9.05 Å². The van der Waals surface area contributed by atoms with Crippen molar-refractivity contribution in [1.82, 2.24) is 0 Å². The Hall–Kier alpha value is -1.34. The molecule has 0 spiro atoms. The van der Waals surface area contributed by atoms with Crippen molar-refractivity contribution in [1.29, 1.82) is 0 Å². The molecule has 4 N–H and O–H groups in total. The maximum Gasteiger partial charge on any atom is 0.470 e. The molecule has 1 unspecified atom stereocenters. The molecule has 0 saturated carbocycles. The summed E-state index contributed by atoms with van der Waals surface area (Å²) in [4.78, 5) is 33.8. The van der Waals surface area contributed by atoms with E-state index in [9.17, 15) is 9.13 Å². The summed E-state index contributed by atoms with van der Waals surface area (Å²) in [6, 6.07) is 18.3. The topological polar surface area (TPSA) is 134 Å². The van der Waals surface area contributed by atoms with Crippen LogP contribution in [0.25, 0.3) is 0 Å². The lowest BCUT2D eigenvalue weighted by atomic mass is 10.1. The summed E-state index contributed by atoms with van der Waals surface area (Å²) in [6.07, 6.45) is -0.0894. The lowest BCUT2D eigenvalue weighted by Gasteiger charge is -2.13. The van der Waals surface area contributed by atoms with Crippen LogP contribution in [-0.2, 0) is 24.6 Å². The van der Waals surface area contributed by atoms with E-state index >= 15 is 0 Å². The van der Waals surface area contributed by atoms with Crippen LogP contribution in [0.5, 0.6) is 0 Å². The molecule has 0 aromatic heterocycles. The van der Waals surface area contributed by atoms with Crippen molar-refractivity contribution < 1.29 is 37.8 Å². The minimum atomic E-state index is -4.39. The highest BCUT2D eigenvalue weighted by molar-refractivity contribution is 7.46. The normalized spacial score (nSPS) is 12.8. The fraction of sp³-hybridized carbons (Fsp3) is 0.250. The lowest BCUT2D eigenvalue weighted by Crippen LogP contribution is -1.97. The average Bonchev–Trinajstić information content (AvgIpc) is 2.54. The molecule has 0 bridgehead atoms. The zero-order chi connectivity index (χ0) is 19.6. The number of phosphoric acid groups is 2. The van der Waals surface area contributed by atoms with Gasteiger partial charge in [0.1, 0.15) is 0 Å². The molecular formula is C16H22O8P2. The van der Waals surface area contributed by atoms with Crippen molar-refractivity contribution >= 4 is 15.6 Å². The van der Waals surface area contributed by atoms with Crippen LogP contribution in [0.15, 0.2) is 60.7 Å². The van der Waals surface area contributed by atoms with Gasteiger partial charge in [0.15, 0.2) is 0 Å². The van der Waals surface area contributed by atoms with Crippen LogP contribution in [0.1, 0.15) is 24.2 Å². The van der Waals surface area contributed by atoms with Crippen LogP contribution in [-0.4, -0.2) is 26.2 Å². The van der Waals surface area contributed by atoms with Gasteiger partial charge >= 0.3 is 15.6 Å². The molecule has 2 aromatic rings. The molecular weight excluding hydrogens is 382 g/mol. The van der Waals surface area contributed by atoms with Gasteiger partial charge in [0.05, 0.1) is 12.7 Å². The van der Waals surface area contributed by atoms with Crippen LogP contribution >= 0.6 is 15.6 Å². The van der Waals surface area contributed by atoms with Gasteiger partial charge in [0, 0.05) is 0 Å². The van der Waals surface area contributed by atoms with Gasteiger partial charge in [0.25, 0.3) is 0 Å². The quantitative estimate of drug-likeness (QED) is 0.517. The number of benzene rings is 2. The van der Waals surface area contributed by atoms with Crippen molar-refractivity contribution in [2.75, 3.05) is 6.61 Å². The molecule has 0 saturated heterocycles. The Bertz CT molecular complexity index is 726. The van der Waals surface area contributed by atoms with Crippen LogP contribution in [0.2, 0.25) is 0 Å². The third-order valence-electron chi connectivity index (χ3n) is 3.06. The van der Waals surface area contributed by atoms with E-state index in [1.807, 2.05) is 36.4 Å². The Morgan fingerprint density at radius 3 is 1.81 bits per heavy atom. The third kappa shape index (κ3) is 11.3. The first-order valence-electron chi connectivity index (χ1n) is 7.60. The summed E-state index contributed by atoms with van der Waals surface area (Å²) in [6.45, 7) is 1.63.